The Kier molecular flexibility index (Phi) is 5.37. The molecule has 0 atom stereocenters. The summed E-state index contributed by atoms with van der Waals surface area (Å²) in [5.41, 5.74) is 0.733. The Labute approximate surface area is 123 Å². The van der Waals surface area contributed by atoms with Crippen molar-refractivity contribution in [2.75, 3.05) is 5.32 Å². The largest absolute Gasteiger partial charge is 0.325 e. The molecular weight excluding hydrogens is 274 g/mol. The Morgan fingerprint density at radius 2 is 2.05 bits per heavy atom. The highest BCUT2D eigenvalue weighted by Crippen LogP contribution is 2.19. The fourth-order valence-electron chi connectivity index (χ4n) is 1.38. The summed E-state index contributed by atoms with van der Waals surface area (Å²) in [5, 5.41) is 23.6. The molecule has 0 unspecified atom stereocenters. The molecule has 20 heavy (non-hydrogen) atoms. The van der Waals surface area contributed by atoms with Gasteiger partial charge in [0.05, 0.1) is 17.2 Å². The van der Waals surface area contributed by atoms with Crippen LogP contribution in [0.4, 0.5) is 5.69 Å². The molecule has 104 valence electrons. The molecule has 0 aliphatic rings. The molecule has 0 saturated carbocycles. The van der Waals surface area contributed by atoms with Gasteiger partial charge in [-0.05, 0) is 38.5 Å². The van der Waals surface area contributed by atoms with Crippen LogP contribution in [0.3, 0.4) is 0 Å². The van der Waals surface area contributed by atoms with Gasteiger partial charge in [-0.3, -0.25) is 5.32 Å². The summed E-state index contributed by atoms with van der Waals surface area (Å²) in [7, 11) is 0. The van der Waals surface area contributed by atoms with Crippen molar-refractivity contribution in [2.45, 2.75) is 32.7 Å². The minimum atomic E-state index is -0.303. The Bertz CT molecular complexity index is 593. The number of rotatable bonds is 3. The maximum atomic E-state index is 8.91. The molecule has 2 N–H and O–H groups in total. The lowest BCUT2D eigenvalue weighted by atomic mass is 10.0. The van der Waals surface area contributed by atoms with Crippen LogP contribution in [0.25, 0.3) is 0 Å². The fraction of sp³-hybridized carbons (Fsp3) is 0.357. The minimum absolute atomic E-state index is 0.303. The van der Waals surface area contributed by atoms with Crippen LogP contribution in [-0.4, -0.2) is 11.5 Å². The average molecular weight is 290 g/mol. The van der Waals surface area contributed by atoms with Crippen LogP contribution in [0.1, 0.15) is 32.8 Å². The molecule has 0 saturated heterocycles. The summed E-state index contributed by atoms with van der Waals surface area (Å²) >= 11 is 5.93. The topological polar surface area (TPSA) is 84.0 Å². The molecule has 0 radical (unpaired) electrons. The van der Waals surface area contributed by atoms with Crippen molar-refractivity contribution in [3.63, 3.8) is 0 Å². The molecule has 0 fully saturated rings. The van der Waals surface area contributed by atoms with E-state index in [2.05, 4.69) is 15.6 Å². The number of benzene rings is 1. The lowest BCUT2D eigenvalue weighted by Gasteiger charge is -2.19. The molecule has 0 spiro atoms. The van der Waals surface area contributed by atoms with Crippen molar-refractivity contribution in [3.8, 4) is 12.3 Å². The Hall–Kier alpha value is -2.24. The highest BCUT2D eigenvalue weighted by atomic mass is 35.5. The van der Waals surface area contributed by atoms with Crippen molar-refractivity contribution in [2.24, 2.45) is 4.99 Å². The van der Waals surface area contributed by atoms with E-state index in [0.717, 1.165) is 6.42 Å². The molecule has 0 aliphatic heterocycles. The lowest BCUT2D eigenvalue weighted by molar-refractivity contribution is 0.503. The number of hydrogen-bond donors (Lipinski definition) is 2. The number of halogens is 1. The van der Waals surface area contributed by atoms with Gasteiger partial charge in [0, 0.05) is 10.7 Å². The second kappa shape index (κ2) is 6.79. The zero-order valence-electron chi connectivity index (χ0n) is 11.7. The molecule has 0 amide bonds. The van der Waals surface area contributed by atoms with Gasteiger partial charge in [-0.25, -0.2) is 4.99 Å². The fourth-order valence-corrected chi connectivity index (χ4v) is 1.62. The standard InChI is InChI=1S/C14H16ClN5/c1-4-14(2,3)20-13(18-9-17)19-12-6-10(8-16)5-11(15)7-12/h5-7H,4H2,1-3H3,(H2,18,19,20). The Morgan fingerprint density at radius 3 is 2.60 bits per heavy atom. The molecule has 1 rings (SSSR count). The third kappa shape index (κ3) is 4.79. The van der Waals surface area contributed by atoms with E-state index in [0.29, 0.717) is 22.2 Å². The Balaban J connectivity index is 3.06. The van der Waals surface area contributed by atoms with E-state index in [1.165, 1.54) is 0 Å². The van der Waals surface area contributed by atoms with Gasteiger partial charge in [0.25, 0.3) is 0 Å². The molecule has 5 nitrogen and oxygen atoms in total. The number of nitrogens with one attached hydrogen (secondary N) is 2. The molecule has 0 heterocycles. The number of nitriles is 2. The van der Waals surface area contributed by atoms with Crippen LogP contribution in [0.2, 0.25) is 5.02 Å². The molecule has 0 aromatic heterocycles. The van der Waals surface area contributed by atoms with Crippen LogP contribution in [0.15, 0.2) is 23.2 Å². The quantitative estimate of drug-likeness (QED) is 0.387. The number of anilines is 1. The van der Waals surface area contributed by atoms with E-state index < -0.39 is 0 Å². The SMILES string of the molecule is CCC(C)(C)N=C(NC#N)Nc1cc(Cl)cc(C#N)c1. The van der Waals surface area contributed by atoms with Gasteiger partial charge in [-0.1, -0.05) is 18.5 Å². The summed E-state index contributed by atoms with van der Waals surface area (Å²) in [4.78, 5) is 4.44. The monoisotopic (exact) mass is 289 g/mol. The first-order valence-corrected chi connectivity index (χ1v) is 6.50. The van der Waals surface area contributed by atoms with E-state index in [1.54, 1.807) is 18.2 Å². The summed E-state index contributed by atoms with van der Waals surface area (Å²) < 4.78 is 0. The molecule has 6 heteroatoms. The minimum Gasteiger partial charge on any atom is -0.325 e. The van der Waals surface area contributed by atoms with Crippen molar-refractivity contribution < 1.29 is 0 Å². The first-order valence-electron chi connectivity index (χ1n) is 6.13. The van der Waals surface area contributed by atoms with Crippen LogP contribution in [-0.2, 0) is 0 Å². The predicted octanol–water partition coefficient (Wildman–Crippen LogP) is 3.24. The second-order valence-corrected chi connectivity index (χ2v) is 5.27. The zero-order valence-corrected chi connectivity index (χ0v) is 12.4. The maximum absolute atomic E-state index is 8.91. The summed E-state index contributed by atoms with van der Waals surface area (Å²) in [6.07, 6.45) is 2.66. The molecule has 1 aromatic rings. The summed E-state index contributed by atoms with van der Waals surface area (Å²) in [6.45, 7) is 5.94. The van der Waals surface area contributed by atoms with Crippen LogP contribution >= 0.6 is 11.6 Å². The van der Waals surface area contributed by atoms with Crippen molar-refractivity contribution >= 4 is 23.2 Å². The normalized spacial score (nSPS) is 11.4. The number of nitrogens with zero attached hydrogens (tertiary/aromatic N) is 3. The average Bonchev–Trinajstić information content (AvgIpc) is 2.37. The highest BCUT2D eigenvalue weighted by molar-refractivity contribution is 6.31. The number of hydrogen-bond acceptors (Lipinski definition) is 3. The zero-order chi connectivity index (χ0) is 15.2. The van der Waals surface area contributed by atoms with Gasteiger partial charge in [0.1, 0.15) is 0 Å². The molecule has 1 aromatic carbocycles. The van der Waals surface area contributed by atoms with Crippen molar-refractivity contribution in [1.29, 1.82) is 10.5 Å². The van der Waals surface area contributed by atoms with Crippen molar-refractivity contribution in [1.82, 2.24) is 5.32 Å². The van der Waals surface area contributed by atoms with Gasteiger partial charge >= 0.3 is 0 Å². The first-order chi connectivity index (χ1) is 9.40. The number of aliphatic imine (C=N–C) groups is 1. The molecule has 0 bridgehead atoms. The van der Waals surface area contributed by atoms with Crippen LogP contribution in [0, 0.1) is 22.8 Å². The van der Waals surface area contributed by atoms with E-state index in [4.69, 9.17) is 22.1 Å². The van der Waals surface area contributed by atoms with Gasteiger partial charge in [-0.15, -0.1) is 0 Å². The van der Waals surface area contributed by atoms with E-state index >= 15 is 0 Å². The molecule has 0 aliphatic carbocycles. The maximum Gasteiger partial charge on any atom is 0.209 e. The van der Waals surface area contributed by atoms with Gasteiger partial charge < -0.3 is 5.32 Å². The highest BCUT2D eigenvalue weighted by Gasteiger charge is 2.15. The first kappa shape index (κ1) is 15.8. The summed E-state index contributed by atoms with van der Waals surface area (Å²) in [6, 6.07) is 6.89. The van der Waals surface area contributed by atoms with Crippen molar-refractivity contribution in [3.05, 3.63) is 28.8 Å². The van der Waals surface area contributed by atoms with E-state index in [1.807, 2.05) is 33.0 Å². The third-order valence-electron chi connectivity index (χ3n) is 2.74. The van der Waals surface area contributed by atoms with Crippen LogP contribution < -0.4 is 10.6 Å². The number of guanidine groups is 1. The third-order valence-corrected chi connectivity index (χ3v) is 2.96. The van der Waals surface area contributed by atoms with Gasteiger partial charge in [-0.2, -0.15) is 10.5 Å². The molecular formula is C14H16ClN5. The van der Waals surface area contributed by atoms with Gasteiger partial charge in [0.2, 0.25) is 5.96 Å². The Morgan fingerprint density at radius 1 is 1.35 bits per heavy atom. The van der Waals surface area contributed by atoms with Gasteiger partial charge in [0.15, 0.2) is 6.19 Å². The van der Waals surface area contributed by atoms with Crippen LogP contribution in [0.5, 0.6) is 0 Å². The van der Waals surface area contributed by atoms with E-state index in [-0.39, 0.29) is 5.54 Å². The second-order valence-electron chi connectivity index (χ2n) is 4.83. The lowest BCUT2D eigenvalue weighted by Crippen LogP contribution is -2.31. The van der Waals surface area contributed by atoms with E-state index in [9.17, 15) is 0 Å². The predicted molar refractivity (Wildman–Crippen MR) is 80.3 cm³/mol. The smallest absolute Gasteiger partial charge is 0.209 e. The summed E-state index contributed by atoms with van der Waals surface area (Å²) in [5.74, 6) is 0.325.